The molecule has 0 unspecified atom stereocenters. The van der Waals surface area contributed by atoms with Crippen LogP contribution in [0.4, 0.5) is 8.78 Å². The number of aromatic nitrogens is 3. The molecule has 0 amide bonds. The number of hydrogen-bond acceptors (Lipinski definition) is 3. The van der Waals surface area contributed by atoms with Crippen LogP contribution in [0, 0.1) is 17.6 Å². The van der Waals surface area contributed by atoms with Gasteiger partial charge in [-0.25, -0.2) is 8.78 Å². The van der Waals surface area contributed by atoms with Crippen molar-refractivity contribution in [1.29, 1.82) is 0 Å². The van der Waals surface area contributed by atoms with Crippen LogP contribution < -0.4 is 5.73 Å². The Morgan fingerprint density at radius 3 is 2.30 bits per heavy atom. The highest BCUT2D eigenvalue weighted by molar-refractivity contribution is 5.23. The van der Waals surface area contributed by atoms with Crippen molar-refractivity contribution in [3.63, 3.8) is 0 Å². The topological polar surface area (TPSA) is 56.7 Å². The summed E-state index contributed by atoms with van der Waals surface area (Å²) in [5.41, 5.74) is 5.63. The van der Waals surface area contributed by atoms with Crippen molar-refractivity contribution in [2.24, 2.45) is 11.7 Å². The van der Waals surface area contributed by atoms with E-state index >= 15 is 0 Å². The Morgan fingerprint density at radius 2 is 1.75 bits per heavy atom. The first-order chi connectivity index (χ1) is 9.52. The van der Waals surface area contributed by atoms with Crippen molar-refractivity contribution in [3.8, 4) is 0 Å². The largest absolute Gasteiger partial charge is 0.324 e. The molecular weight excluding hydrogens is 262 g/mol. The molecule has 0 saturated heterocycles. The predicted molar refractivity (Wildman–Crippen MR) is 71.9 cm³/mol. The minimum Gasteiger partial charge on any atom is -0.324 e. The SMILES string of the molecule is CC(C)Cn1c(CN)nnc1Cc1c(F)cccc1F. The van der Waals surface area contributed by atoms with E-state index in [1.165, 1.54) is 18.2 Å². The first-order valence-corrected chi connectivity index (χ1v) is 6.56. The molecule has 0 atom stereocenters. The van der Waals surface area contributed by atoms with Crippen molar-refractivity contribution in [2.45, 2.75) is 33.4 Å². The normalized spacial score (nSPS) is 11.3. The molecule has 0 spiro atoms. The molecule has 4 nitrogen and oxygen atoms in total. The molecule has 1 aromatic heterocycles. The Labute approximate surface area is 116 Å². The lowest BCUT2D eigenvalue weighted by atomic mass is 10.1. The Bertz CT molecular complexity index is 573. The third-order valence-electron chi connectivity index (χ3n) is 3.03. The average Bonchev–Trinajstić information content (AvgIpc) is 2.75. The van der Waals surface area contributed by atoms with Crippen LogP contribution in [-0.4, -0.2) is 14.8 Å². The zero-order valence-electron chi connectivity index (χ0n) is 11.6. The van der Waals surface area contributed by atoms with Crippen molar-refractivity contribution < 1.29 is 8.78 Å². The molecule has 6 heteroatoms. The summed E-state index contributed by atoms with van der Waals surface area (Å²) in [6.45, 7) is 5.02. The monoisotopic (exact) mass is 280 g/mol. The zero-order chi connectivity index (χ0) is 14.7. The number of halogens is 2. The quantitative estimate of drug-likeness (QED) is 0.914. The standard InChI is InChI=1S/C14H18F2N4/c1-9(2)8-20-13(18-19-14(20)7-17)6-10-11(15)4-3-5-12(10)16/h3-5,9H,6-8,17H2,1-2H3. The van der Waals surface area contributed by atoms with Crippen LogP contribution in [0.3, 0.4) is 0 Å². The predicted octanol–water partition coefficient (Wildman–Crippen LogP) is 2.26. The van der Waals surface area contributed by atoms with Crippen LogP contribution in [-0.2, 0) is 19.5 Å². The maximum absolute atomic E-state index is 13.7. The lowest BCUT2D eigenvalue weighted by molar-refractivity contribution is 0.490. The van der Waals surface area contributed by atoms with Crippen LogP contribution in [0.5, 0.6) is 0 Å². The van der Waals surface area contributed by atoms with Gasteiger partial charge in [0.25, 0.3) is 0 Å². The van der Waals surface area contributed by atoms with Crippen molar-refractivity contribution in [1.82, 2.24) is 14.8 Å². The van der Waals surface area contributed by atoms with E-state index in [-0.39, 0.29) is 18.5 Å². The molecule has 0 aliphatic carbocycles. The number of nitrogens with two attached hydrogens (primary N) is 1. The van der Waals surface area contributed by atoms with Gasteiger partial charge in [0, 0.05) is 18.5 Å². The van der Waals surface area contributed by atoms with Gasteiger partial charge in [0.15, 0.2) is 0 Å². The lowest BCUT2D eigenvalue weighted by Gasteiger charge is -2.12. The molecule has 0 bridgehead atoms. The second-order valence-electron chi connectivity index (χ2n) is 5.12. The van der Waals surface area contributed by atoms with Gasteiger partial charge in [-0.05, 0) is 18.1 Å². The summed E-state index contributed by atoms with van der Waals surface area (Å²) in [6, 6.07) is 3.83. The summed E-state index contributed by atoms with van der Waals surface area (Å²) in [5.74, 6) is 0.380. The van der Waals surface area contributed by atoms with Crippen LogP contribution in [0.25, 0.3) is 0 Å². The van der Waals surface area contributed by atoms with Gasteiger partial charge < -0.3 is 10.3 Å². The maximum atomic E-state index is 13.7. The minimum absolute atomic E-state index is 0.00785. The summed E-state index contributed by atoms with van der Waals surface area (Å²) in [4.78, 5) is 0. The third-order valence-corrected chi connectivity index (χ3v) is 3.03. The Balaban J connectivity index is 2.36. The summed E-state index contributed by atoms with van der Waals surface area (Å²) < 4.78 is 29.2. The lowest BCUT2D eigenvalue weighted by Crippen LogP contribution is -2.15. The van der Waals surface area contributed by atoms with E-state index in [4.69, 9.17) is 5.73 Å². The van der Waals surface area contributed by atoms with Crippen LogP contribution in [0.1, 0.15) is 31.1 Å². The maximum Gasteiger partial charge on any atom is 0.146 e. The Kier molecular flexibility index (Phi) is 4.44. The molecule has 0 aliphatic heterocycles. The molecule has 2 rings (SSSR count). The van der Waals surface area contributed by atoms with E-state index in [0.29, 0.717) is 24.1 Å². The summed E-state index contributed by atoms with van der Waals surface area (Å²) in [6.07, 6.45) is 0.0677. The first-order valence-electron chi connectivity index (χ1n) is 6.56. The zero-order valence-corrected chi connectivity index (χ0v) is 11.6. The van der Waals surface area contributed by atoms with Gasteiger partial charge in [-0.15, -0.1) is 10.2 Å². The van der Waals surface area contributed by atoms with Gasteiger partial charge in [-0.1, -0.05) is 19.9 Å². The highest BCUT2D eigenvalue weighted by Gasteiger charge is 2.16. The molecular formula is C14H18F2N4. The molecule has 2 N–H and O–H groups in total. The Morgan fingerprint density at radius 1 is 1.15 bits per heavy atom. The van der Waals surface area contributed by atoms with Crippen LogP contribution in [0.2, 0.25) is 0 Å². The van der Waals surface area contributed by atoms with Crippen molar-refractivity contribution >= 4 is 0 Å². The molecule has 0 aliphatic rings. The molecule has 1 aromatic carbocycles. The summed E-state index contributed by atoms with van der Waals surface area (Å²) >= 11 is 0. The number of benzene rings is 1. The molecule has 20 heavy (non-hydrogen) atoms. The van der Waals surface area contributed by atoms with Crippen LogP contribution in [0.15, 0.2) is 18.2 Å². The van der Waals surface area contributed by atoms with Gasteiger partial charge in [0.1, 0.15) is 23.3 Å². The fraction of sp³-hybridized carbons (Fsp3) is 0.429. The molecule has 2 aromatic rings. The molecule has 0 radical (unpaired) electrons. The highest BCUT2D eigenvalue weighted by atomic mass is 19.1. The smallest absolute Gasteiger partial charge is 0.146 e. The number of rotatable bonds is 5. The van der Waals surface area contributed by atoms with Gasteiger partial charge in [0.2, 0.25) is 0 Å². The third kappa shape index (κ3) is 3.01. The van der Waals surface area contributed by atoms with E-state index in [0.717, 1.165) is 0 Å². The van der Waals surface area contributed by atoms with Crippen LogP contribution >= 0.6 is 0 Å². The minimum atomic E-state index is -0.571. The fourth-order valence-electron chi connectivity index (χ4n) is 2.09. The van der Waals surface area contributed by atoms with Gasteiger partial charge in [-0.3, -0.25) is 0 Å². The number of nitrogens with zero attached hydrogens (tertiary/aromatic N) is 3. The average molecular weight is 280 g/mol. The Hall–Kier alpha value is -1.82. The van der Waals surface area contributed by atoms with Gasteiger partial charge in [0.05, 0.1) is 6.54 Å². The molecule has 0 saturated carbocycles. The summed E-state index contributed by atoms with van der Waals surface area (Å²) in [5, 5.41) is 8.00. The highest BCUT2D eigenvalue weighted by Crippen LogP contribution is 2.17. The van der Waals surface area contributed by atoms with E-state index < -0.39 is 11.6 Å². The molecule has 108 valence electrons. The second kappa shape index (κ2) is 6.09. The fourth-order valence-corrected chi connectivity index (χ4v) is 2.09. The molecule has 0 fully saturated rings. The van der Waals surface area contributed by atoms with Crippen molar-refractivity contribution in [3.05, 3.63) is 47.0 Å². The first kappa shape index (κ1) is 14.6. The van der Waals surface area contributed by atoms with Crippen molar-refractivity contribution in [2.75, 3.05) is 0 Å². The van der Waals surface area contributed by atoms with Gasteiger partial charge in [-0.2, -0.15) is 0 Å². The number of hydrogen-bond donors (Lipinski definition) is 1. The molecule has 1 heterocycles. The summed E-state index contributed by atoms with van der Waals surface area (Å²) in [7, 11) is 0. The van der Waals surface area contributed by atoms with Gasteiger partial charge >= 0.3 is 0 Å². The second-order valence-corrected chi connectivity index (χ2v) is 5.12. The van der Waals surface area contributed by atoms with E-state index in [1.54, 1.807) is 0 Å². The van der Waals surface area contributed by atoms with E-state index in [2.05, 4.69) is 10.2 Å². The van der Waals surface area contributed by atoms with E-state index in [9.17, 15) is 8.78 Å². The van der Waals surface area contributed by atoms with E-state index in [1.807, 2.05) is 18.4 Å².